The SMILES string of the molecule is CSc1ncc(Cl)c(C(=O)N2CCN(Cc3cc(=O)n4ccsc4n3)CC2)n1. The summed E-state index contributed by atoms with van der Waals surface area (Å²) >= 11 is 8.93. The van der Waals surface area contributed by atoms with E-state index in [1.54, 1.807) is 21.6 Å². The number of hydrogen-bond acceptors (Lipinski definition) is 8. The summed E-state index contributed by atoms with van der Waals surface area (Å²) in [6.45, 7) is 3.09. The van der Waals surface area contributed by atoms with Gasteiger partial charge < -0.3 is 4.90 Å². The predicted molar refractivity (Wildman–Crippen MR) is 109 cm³/mol. The average Bonchev–Trinajstić information content (AvgIpc) is 3.18. The molecular formula is C17H17ClN6O2S2. The largest absolute Gasteiger partial charge is 0.335 e. The molecule has 8 nitrogen and oxygen atoms in total. The lowest BCUT2D eigenvalue weighted by Crippen LogP contribution is -2.48. The molecule has 11 heteroatoms. The van der Waals surface area contributed by atoms with Crippen molar-refractivity contribution in [3.63, 3.8) is 0 Å². The van der Waals surface area contributed by atoms with Gasteiger partial charge in [0, 0.05) is 50.4 Å². The fraction of sp³-hybridized carbons (Fsp3) is 0.353. The summed E-state index contributed by atoms with van der Waals surface area (Å²) in [5, 5.41) is 2.63. The first kappa shape index (κ1) is 19.3. The topological polar surface area (TPSA) is 83.7 Å². The second kappa shape index (κ2) is 8.16. The fourth-order valence-electron chi connectivity index (χ4n) is 3.06. The van der Waals surface area contributed by atoms with E-state index in [2.05, 4.69) is 19.9 Å². The van der Waals surface area contributed by atoms with Crippen LogP contribution in [0.4, 0.5) is 0 Å². The standard InChI is InChI=1S/C17H17ClN6O2S2/c1-27-16-19-9-12(18)14(21-16)15(26)23-4-2-22(3-5-23)10-11-8-13(25)24-6-7-28-17(24)20-11/h6-9H,2-5,10H2,1H3. The number of aromatic nitrogens is 4. The quantitative estimate of drug-likeness (QED) is 0.456. The minimum Gasteiger partial charge on any atom is -0.335 e. The Morgan fingerprint density at radius 1 is 1.29 bits per heavy atom. The average molecular weight is 437 g/mol. The van der Waals surface area contributed by atoms with Crippen LogP contribution in [-0.2, 0) is 6.54 Å². The van der Waals surface area contributed by atoms with Crippen LogP contribution in [0.15, 0.2) is 33.8 Å². The van der Waals surface area contributed by atoms with Gasteiger partial charge in [-0.3, -0.25) is 18.9 Å². The maximum absolute atomic E-state index is 12.8. The zero-order valence-corrected chi connectivity index (χ0v) is 17.4. The number of fused-ring (bicyclic) bond motifs is 1. The molecular weight excluding hydrogens is 420 g/mol. The van der Waals surface area contributed by atoms with Crippen molar-refractivity contribution in [3.05, 3.63) is 50.6 Å². The van der Waals surface area contributed by atoms with Gasteiger partial charge in [0.2, 0.25) is 0 Å². The van der Waals surface area contributed by atoms with E-state index < -0.39 is 0 Å². The van der Waals surface area contributed by atoms with Gasteiger partial charge in [0.05, 0.1) is 16.9 Å². The van der Waals surface area contributed by atoms with Crippen LogP contribution in [-0.4, -0.2) is 67.5 Å². The molecule has 0 bridgehead atoms. The van der Waals surface area contributed by atoms with Crippen LogP contribution in [0.3, 0.4) is 0 Å². The Hall–Kier alpha value is -2.01. The first-order valence-corrected chi connectivity index (χ1v) is 11.1. The number of halogens is 1. The normalized spacial score (nSPS) is 15.3. The van der Waals surface area contributed by atoms with Crippen molar-refractivity contribution in [2.45, 2.75) is 11.7 Å². The van der Waals surface area contributed by atoms with Crippen LogP contribution < -0.4 is 5.56 Å². The zero-order chi connectivity index (χ0) is 19.7. The van der Waals surface area contributed by atoms with Gasteiger partial charge in [-0.25, -0.2) is 15.0 Å². The molecule has 0 aromatic carbocycles. The van der Waals surface area contributed by atoms with Crippen LogP contribution in [0.25, 0.3) is 4.96 Å². The van der Waals surface area contributed by atoms with Crippen LogP contribution in [0.2, 0.25) is 5.02 Å². The molecule has 0 saturated carbocycles. The number of carbonyl (C=O) groups is 1. The first-order valence-electron chi connectivity index (χ1n) is 8.59. The number of hydrogen-bond donors (Lipinski definition) is 0. The smallest absolute Gasteiger partial charge is 0.274 e. The lowest BCUT2D eigenvalue weighted by atomic mass is 10.2. The zero-order valence-electron chi connectivity index (χ0n) is 15.0. The summed E-state index contributed by atoms with van der Waals surface area (Å²) in [5.74, 6) is -0.182. The summed E-state index contributed by atoms with van der Waals surface area (Å²) < 4.78 is 1.54. The number of thiazole rings is 1. The molecule has 1 aliphatic rings. The third-order valence-corrected chi connectivity index (χ3v) is 6.10. The minimum absolute atomic E-state index is 0.0712. The van der Waals surface area contributed by atoms with Gasteiger partial charge in [0.15, 0.2) is 15.8 Å². The van der Waals surface area contributed by atoms with E-state index in [0.717, 1.165) is 5.69 Å². The van der Waals surface area contributed by atoms with Crippen LogP contribution in [0, 0.1) is 0 Å². The van der Waals surface area contributed by atoms with E-state index in [4.69, 9.17) is 11.6 Å². The molecule has 0 N–H and O–H groups in total. The second-order valence-electron chi connectivity index (χ2n) is 6.26. The number of nitrogens with zero attached hydrogens (tertiary/aromatic N) is 6. The van der Waals surface area contributed by atoms with Crippen molar-refractivity contribution in [1.82, 2.24) is 29.2 Å². The van der Waals surface area contributed by atoms with E-state index in [1.807, 2.05) is 11.6 Å². The van der Waals surface area contributed by atoms with E-state index >= 15 is 0 Å². The highest BCUT2D eigenvalue weighted by Gasteiger charge is 2.25. The van der Waals surface area contributed by atoms with Crippen LogP contribution in [0.5, 0.6) is 0 Å². The predicted octanol–water partition coefficient (Wildman–Crippen LogP) is 1.88. The number of amides is 1. The van der Waals surface area contributed by atoms with E-state index in [-0.39, 0.29) is 22.2 Å². The first-order chi connectivity index (χ1) is 13.5. The summed E-state index contributed by atoms with van der Waals surface area (Å²) in [6.07, 6.45) is 5.04. The summed E-state index contributed by atoms with van der Waals surface area (Å²) in [7, 11) is 0. The molecule has 0 unspecified atom stereocenters. The number of thioether (sulfide) groups is 1. The molecule has 1 saturated heterocycles. The van der Waals surface area contributed by atoms with Crippen molar-refractivity contribution in [1.29, 1.82) is 0 Å². The van der Waals surface area contributed by atoms with Gasteiger partial charge in [-0.05, 0) is 6.26 Å². The van der Waals surface area contributed by atoms with Gasteiger partial charge in [-0.2, -0.15) is 0 Å². The molecule has 1 aliphatic heterocycles. The molecule has 146 valence electrons. The summed E-state index contributed by atoms with van der Waals surface area (Å²) in [4.78, 5) is 42.4. The Balaban J connectivity index is 1.41. The van der Waals surface area contributed by atoms with Crippen LogP contribution >= 0.6 is 34.7 Å². The van der Waals surface area contributed by atoms with Crippen molar-refractivity contribution in [2.24, 2.45) is 0 Å². The van der Waals surface area contributed by atoms with Gasteiger partial charge in [0.1, 0.15) is 0 Å². The molecule has 28 heavy (non-hydrogen) atoms. The Morgan fingerprint density at radius 3 is 2.82 bits per heavy atom. The fourth-order valence-corrected chi connectivity index (χ4v) is 4.31. The molecule has 3 aromatic heterocycles. The monoisotopic (exact) mass is 436 g/mol. The van der Waals surface area contributed by atoms with Gasteiger partial charge in [-0.1, -0.05) is 23.4 Å². The van der Waals surface area contributed by atoms with Crippen molar-refractivity contribution in [3.8, 4) is 0 Å². The van der Waals surface area contributed by atoms with Crippen molar-refractivity contribution < 1.29 is 4.79 Å². The molecule has 4 rings (SSSR count). The maximum Gasteiger partial charge on any atom is 0.274 e. The molecule has 1 fully saturated rings. The lowest BCUT2D eigenvalue weighted by Gasteiger charge is -2.34. The van der Waals surface area contributed by atoms with Gasteiger partial charge in [0.25, 0.3) is 11.5 Å². The molecule has 0 atom stereocenters. The summed E-state index contributed by atoms with van der Waals surface area (Å²) in [5.41, 5.74) is 0.918. The molecule has 0 aliphatic carbocycles. The molecule has 4 heterocycles. The Kier molecular flexibility index (Phi) is 5.63. The van der Waals surface area contributed by atoms with E-state index in [1.165, 1.54) is 29.3 Å². The second-order valence-corrected chi connectivity index (χ2v) is 8.32. The molecule has 3 aromatic rings. The van der Waals surface area contributed by atoms with Gasteiger partial charge >= 0.3 is 0 Å². The lowest BCUT2D eigenvalue weighted by molar-refractivity contribution is 0.0620. The van der Waals surface area contributed by atoms with Crippen molar-refractivity contribution >= 4 is 45.6 Å². The highest BCUT2D eigenvalue weighted by Crippen LogP contribution is 2.19. The Labute approximate surface area is 174 Å². The molecule has 1 amide bonds. The number of carbonyl (C=O) groups excluding carboxylic acids is 1. The Morgan fingerprint density at radius 2 is 2.07 bits per heavy atom. The highest BCUT2D eigenvalue weighted by molar-refractivity contribution is 7.98. The number of piperazine rings is 1. The minimum atomic E-state index is -0.182. The summed E-state index contributed by atoms with van der Waals surface area (Å²) in [6, 6.07) is 1.57. The van der Waals surface area contributed by atoms with E-state index in [9.17, 15) is 9.59 Å². The highest BCUT2D eigenvalue weighted by atomic mass is 35.5. The number of rotatable bonds is 4. The Bertz CT molecular complexity index is 1080. The third kappa shape index (κ3) is 3.90. The van der Waals surface area contributed by atoms with E-state index in [0.29, 0.717) is 42.8 Å². The molecule has 0 spiro atoms. The van der Waals surface area contributed by atoms with Crippen molar-refractivity contribution in [2.75, 3.05) is 32.4 Å². The maximum atomic E-state index is 12.8. The van der Waals surface area contributed by atoms with Crippen LogP contribution in [0.1, 0.15) is 16.2 Å². The molecule has 0 radical (unpaired) electrons. The third-order valence-electron chi connectivity index (χ3n) is 4.51. The van der Waals surface area contributed by atoms with Gasteiger partial charge in [-0.15, -0.1) is 11.3 Å².